The number of hydrogen-bond donors (Lipinski definition) is 1. The van der Waals surface area contributed by atoms with E-state index in [1.54, 1.807) is 49.4 Å². The maximum atomic E-state index is 11.0. The van der Waals surface area contributed by atoms with Crippen LogP contribution in [-0.2, 0) is 4.79 Å². The van der Waals surface area contributed by atoms with Crippen LogP contribution in [0.4, 0.5) is 0 Å². The van der Waals surface area contributed by atoms with Crippen molar-refractivity contribution in [1.82, 2.24) is 9.97 Å². The zero-order chi connectivity index (χ0) is 16.4. The van der Waals surface area contributed by atoms with Gasteiger partial charge in [-0.05, 0) is 42.8 Å². The van der Waals surface area contributed by atoms with Gasteiger partial charge in [-0.3, -0.25) is 4.79 Å². The SMILES string of the molecule is CC(C(=O)O)c1ccc(Oc2cnc3ccc(Cl)cc3n2)cc1. The van der Waals surface area contributed by atoms with E-state index in [9.17, 15) is 4.79 Å². The lowest BCUT2D eigenvalue weighted by Gasteiger charge is -2.09. The second-order valence-electron chi connectivity index (χ2n) is 5.07. The molecule has 0 radical (unpaired) electrons. The maximum absolute atomic E-state index is 11.0. The number of rotatable bonds is 4. The van der Waals surface area contributed by atoms with Crippen molar-refractivity contribution in [2.75, 3.05) is 0 Å². The predicted molar refractivity (Wildman–Crippen MR) is 87.1 cm³/mol. The molecular formula is C17H13ClN2O3. The third-order valence-electron chi connectivity index (χ3n) is 3.46. The highest BCUT2D eigenvalue weighted by atomic mass is 35.5. The minimum Gasteiger partial charge on any atom is -0.481 e. The van der Waals surface area contributed by atoms with Gasteiger partial charge in [0.1, 0.15) is 5.75 Å². The topological polar surface area (TPSA) is 72.3 Å². The van der Waals surface area contributed by atoms with Crippen LogP contribution in [0.1, 0.15) is 18.4 Å². The van der Waals surface area contributed by atoms with Gasteiger partial charge < -0.3 is 9.84 Å². The summed E-state index contributed by atoms with van der Waals surface area (Å²) in [6.07, 6.45) is 1.53. The van der Waals surface area contributed by atoms with Gasteiger partial charge in [-0.1, -0.05) is 23.7 Å². The first-order chi connectivity index (χ1) is 11.0. The molecule has 1 heterocycles. The minimum atomic E-state index is -0.865. The van der Waals surface area contributed by atoms with E-state index >= 15 is 0 Å². The van der Waals surface area contributed by atoms with E-state index in [1.807, 2.05) is 0 Å². The van der Waals surface area contributed by atoms with Crippen molar-refractivity contribution < 1.29 is 14.6 Å². The fraction of sp³-hybridized carbons (Fsp3) is 0.118. The summed E-state index contributed by atoms with van der Waals surface area (Å²) in [5, 5.41) is 9.58. The van der Waals surface area contributed by atoms with Crippen LogP contribution in [-0.4, -0.2) is 21.0 Å². The Bertz CT molecular complexity index is 865. The number of halogens is 1. The summed E-state index contributed by atoms with van der Waals surface area (Å²) in [6.45, 7) is 1.64. The Balaban J connectivity index is 1.82. The van der Waals surface area contributed by atoms with Crippen LogP contribution in [0.15, 0.2) is 48.7 Å². The molecule has 0 fully saturated rings. The molecule has 116 valence electrons. The van der Waals surface area contributed by atoms with Crippen LogP contribution in [0.5, 0.6) is 11.6 Å². The second-order valence-corrected chi connectivity index (χ2v) is 5.51. The highest BCUT2D eigenvalue weighted by Crippen LogP contribution is 2.24. The van der Waals surface area contributed by atoms with Crippen LogP contribution in [0.3, 0.4) is 0 Å². The van der Waals surface area contributed by atoms with Gasteiger partial charge in [0.2, 0.25) is 5.88 Å². The number of hydrogen-bond acceptors (Lipinski definition) is 4. The first-order valence-electron chi connectivity index (χ1n) is 6.96. The number of carboxylic acids is 1. The molecule has 1 unspecified atom stereocenters. The average molecular weight is 329 g/mol. The predicted octanol–water partition coefficient (Wildman–Crippen LogP) is 4.26. The number of carbonyl (C=O) groups is 1. The molecule has 1 N–H and O–H groups in total. The number of fused-ring (bicyclic) bond motifs is 1. The van der Waals surface area contributed by atoms with E-state index in [0.717, 1.165) is 5.52 Å². The number of benzene rings is 2. The minimum absolute atomic E-state index is 0.346. The van der Waals surface area contributed by atoms with Crippen LogP contribution < -0.4 is 4.74 Å². The molecule has 6 heteroatoms. The number of carboxylic acid groups (broad SMARTS) is 1. The Hall–Kier alpha value is -2.66. The standard InChI is InChI=1S/C17H13ClN2O3/c1-10(17(21)22)11-2-5-13(6-3-11)23-16-9-19-14-7-4-12(18)8-15(14)20-16/h2-10H,1H3,(H,21,22). The highest BCUT2D eigenvalue weighted by Gasteiger charge is 2.13. The molecule has 23 heavy (non-hydrogen) atoms. The average Bonchev–Trinajstić information content (AvgIpc) is 2.54. The zero-order valence-corrected chi connectivity index (χ0v) is 13.0. The van der Waals surface area contributed by atoms with Crippen LogP contribution >= 0.6 is 11.6 Å². The second kappa shape index (κ2) is 6.22. The molecule has 1 aromatic heterocycles. The Kier molecular flexibility index (Phi) is 4.12. The van der Waals surface area contributed by atoms with Crippen LogP contribution in [0, 0.1) is 0 Å². The van der Waals surface area contributed by atoms with Gasteiger partial charge >= 0.3 is 5.97 Å². The summed E-state index contributed by atoms with van der Waals surface area (Å²) < 4.78 is 5.66. The first kappa shape index (κ1) is 15.2. The summed E-state index contributed by atoms with van der Waals surface area (Å²) >= 11 is 5.95. The third kappa shape index (κ3) is 3.40. The molecule has 3 rings (SSSR count). The molecule has 0 amide bonds. The molecule has 0 spiro atoms. The molecular weight excluding hydrogens is 316 g/mol. The number of aromatic nitrogens is 2. The van der Waals surface area contributed by atoms with Gasteiger partial charge in [-0.25, -0.2) is 9.97 Å². The molecule has 0 aliphatic carbocycles. The number of nitrogens with zero attached hydrogens (tertiary/aromatic N) is 2. The summed E-state index contributed by atoms with van der Waals surface area (Å²) in [6, 6.07) is 12.1. The fourth-order valence-electron chi connectivity index (χ4n) is 2.10. The van der Waals surface area contributed by atoms with E-state index in [4.69, 9.17) is 21.4 Å². The van der Waals surface area contributed by atoms with Crippen molar-refractivity contribution in [3.05, 3.63) is 59.2 Å². The Labute approximate surface area is 137 Å². The van der Waals surface area contributed by atoms with Gasteiger partial charge in [-0.15, -0.1) is 0 Å². The van der Waals surface area contributed by atoms with Gasteiger partial charge in [0.25, 0.3) is 0 Å². The Morgan fingerprint density at radius 3 is 2.61 bits per heavy atom. The van der Waals surface area contributed by atoms with Crippen molar-refractivity contribution >= 4 is 28.6 Å². The third-order valence-corrected chi connectivity index (χ3v) is 3.69. The molecule has 0 aliphatic heterocycles. The quantitative estimate of drug-likeness (QED) is 0.774. The molecule has 0 aliphatic rings. The lowest BCUT2D eigenvalue weighted by molar-refractivity contribution is -0.138. The molecule has 2 aromatic carbocycles. The molecule has 0 saturated heterocycles. The molecule has 5 nitrogen and oxygen atoms in total. The van der Waals surface area contributed by atoms with E-state index in [2.05, 4.69) is 9.97 Å². The van der Waals surface area contributed by atoms with Crippen molar-refractivity contribution in [1.29, 1.82) is 0 Å². The fourth-order valence-corrected chi connectivity index (χ4v) is 2.27. The normalized spacial score (nSPS) is 12.1. The Morgan fingerprint density at radius 2 is 1.91 bits per heavy atom. The molecule has 0 bridgehead atoms. The van der Waals surface area contributed by atoms with Gasteiger partial charge in [-0.2, -0.15) is 0 Å². The lowest BCUT2D eigenvalue weighted by atomic mass is 10.0. The summed E-state index contributed by atoms with van der Waals surface area (Å²) in [5.74, 6) is -0.525. The van der Waals surface area contributed by atoms with E-state index < -0.39 is 11.9 Å². The summed E-state index contributed by atoms with van der Waals surface area (Å²) in [7, 11) is 0. The monoisotopic (exact) mass is 328 g/mol. The van der Waals surface area contributed by atoms with Gasteiger partial charge in [0, 0.05) is 5.02 Å². The highest BCUT2D eigenvalue weighted by molar-refractivity contribution is 6.31. The van der Waals surface area contributed by atoms with E-state index in [0.29, 0.717) is 27.7 Å². The van der Waals surface area contributed by atoms with Gasteiger partial charge in [0.05, 0.1) is 23.1 Å². The van der Waals surface area contributed by atoms with Crippen molar-refractivity contribution in [3.63, 3.8) is 0 Å². The largest absolute Gasteiger partial charge is 0.481 e. The molecule has 0 saturated carbocycles. The van der Waals surface area contributed by atoms with Crippen molar-refractivity contribution in [2.24, 2.45) is 0 Å². The zero-order valence-electron chi connectivity index (χ0n) is 12.2. The Morgan fingerprint density at radius 1 is 1.17 bits per heavy atom. The van der Waals surface area contributed by atoms with Crippen molar-refractivity contribution in [3.8, 4) is 11.6 Å². The molecule has 1 atom stereocenters. The van der Waals surface area contributed by atoms with Gasteiger partial charge in [0.15, 0.2) is 0 Å². The van der Waals surface area contributed by atoms with E-state index in [-0.39, 0.29) is 0 Å². The molecule has 3 aromatic rings. The van der Waals surface area contributed by atoms with Crippen LogP contribution in [0.25, 0.3) is 11.0 Å². The maximum Gasteiger partial charge on any atom is 0.310 e. The van der Waals surface area contributed by atoms with Crippen molar-refractivity contribution in [2.45, 2.75) is 12.8 Å². The van der Waals surface area contributed by atoms with E-state index in [1.165, 1.54) is 6.20 Å². The smallest absolute Gasteiger partial charge is 0.310 e. The van der Waals surface area contributed by atoms with Crippen LogP contribution in [0.2, 0.25) is 5.02 Å². The first-order valence-corrected chi connectivity index (χ1v) is 7.33. The number of aliphatic carboxylic acids is 1. The number of ether oxygens (including phenoxy) is 1. The summed E-state index contributed by atoms with van der Waals surface area (Å²) in [5.41, 5.74) is 2.08. The summed E-state index contributed by atoms with van der Waals surface area (Å²) in [4.78, 5) is 19.6. The lowest BCUT2D eigenvalue weighted by Crippen LogP contribution is -2.06.